The number of aliphatic imine (C=N–C) groups is 1. The van der Waals surface area contributed by atoms with Crippen molar-refractivity contribution in [1.29, 1.82) is 0 Å². The van der Waals surface area contributed by atoms with Crippen molar-refractivity contribution in [3.63, 3.8) is 0 Å². The van der Waals surface area contributed by atoms with Gasteiger partial charge in [0.2, 0.25) is 0 Å². The first kappa shape index (κ1) is 20.2. The van der Waals surface area contributed by atoms with Crippen LogP contribution in [0, 0.1) is 0 Å². The van der Waals surface area contributed by atoms with E-state index in [4.69, 9.17) is 0 Å². The van der Waals surface area contributed by atoms with Gasteiger partial charge in [-0.3, -0.25) is 4.99 Å². The maximum atomic E-state index is 10.6. The first-order valence-corrected chi connectivity index (χ1v) is 8.45. The summed E-state index contributed by atoms with van der Waals surface area (Å²) in [7, 11) is 0. The lowest BCUT2D eigenvalue weighted by molar-refractivity contribution is 0.0131. The van der Waals surface area contributed by atoms with Crippen LogP contribution < -0.4 is 10.6 Å². The minimum absolute atomic E-state index is 0. The molecule has 0 heterocycles. The van der Waals surface area contributed by atoms with Crippen molar-refractivity contribution in [2.75, 3.05) is 13.1 Å². The fourth-order valence-electron chi connectivity index (χ4n) is 2.94. The third kappa shape index (κ3) is 6.67. The summed E-state index contributed by atoms with van der Waals surface area (Å²) >= 11 is 0. The van der Waals surface area contributed by atoms with E-state index in [1.54, 1.807) is 0 Å². The molecule has 0 aliphatic heterocycles. The van der Waals surface area contributed by atoms with Crippen LogP contribution >= 0.6 is 24.0 Å². The zero-order valence-electron chi connectivity index (χ0n) is 14.2. The summed E-state index contributed by atoms with van der Waals surface area (Å²) < 4.78 is 0. The highest BCUT2D eigenvalue weighted by molar-refractivity contribution is 14.0. The van der Waals surface area contributed by atoms with Gasteiger partial charge >= 0.3 is 0 Å². The average molecular weight is 431 g/mol. The summed E-state index contributed by atoms with van der Waals surface area (Å²) in [6, 6.07) is 10.5. The Balaban J connectivity index is 0.00000264. The molecule has 1 saturated carbocycles. The monoisotopic (exact) mass is 431 g/mol. The molecule has 1 atom stereocenters. The molecule has 1 aliphatic carbocycles. The van der Waals surface area contributed by atoms with E-state index in [0.717, 1.165) is 38.2 Å². The normalized spacial score (nSPS) is 18.7. The zero-order chi connectivity index (χ0) is 15.8. The fourth-order valence-corrected chi connectivity index (χ4v) is 2.94. The summed E-state index contributed by atoms with van der Waals surface area (Å²) in [6.07, 6.45) is 5.18. The largest absolute Gasteiger partial charge is 0.388 e. The van der Waals surface area contributed by atoms with Crippen molar-refractivity contribution in [2.24, 2.45) is 4.99 Å². The van der Waals surface area contributed by atoms with Crippen molar-refractivity contribution < 1.29 is 5.11 Å². The number of nitrogens with zero attached hydrogens (tertiary/aromatic N) is 1. The van der Waals surface area contributed by atoms with Crippen molar-refractivity contribution in [1.82, 2.24) is 10.6 Å². The summed E-state index contributed by atoms with van der Waals surface area (Å²) in [4.78, 5) is 4.62. The Bertz CT molecular complexity index is 472. The molecule has 130 valence electrons. The molecule has 1 unspecified atom stereocenters. The van der Waals surface area contributed by atoms with E-state index >= 15 is 0 Å². The van der Waals surface area contributed by atoms with E-state index in [2.05, 4.69) is 41.6 Å². The fraction of sp³-hybridized carbons (Fsp3) is 0.611. The highest BCUT2D eigenvalue weighted by atomic mass is 127. The summed E-state index contributed by atoms with van der Waals surface area (Å²) in [5.74, 6) is 0.776. The standard InChI is InChI=1S/C18H29N3O.HI/c1-3-19-17(20-14-18(22)12-8-5-9-13-18)21-15(2)16-10-6-4-7-11-16;/h4,6-7,10-11,15,22H,3,5,8-9,12-14H2,1-2H3,(H2,19,20,21);1H. The van der Waals surface area contributed by atoms with Crippen LogP contribution in [0.4, 0.5) is 0 Å². The minimum Gasteiger partial charge on any atom is -0.388 e. The van der Waals surface area contributed by atoms with E-state index in [9.17, 15) is 5.11 Å². The average Bonchev–Trinajstić information content (AvgIpc) is 2.54. The van der Waals surface area contributed by atoms with Gasteiger partial charge in [0.05, 0.1) is 18.2 Å². The Hall–Kier alpha value is -0.820. The molecule has 2 rings (SSSR count). The summed E-state index contributed by atoms with van der Waals surface area (Å²) in [5, 5.41) is 17.3. The quantitative estimate of drug-likeness (QED) is 0.379. The predicted octanol–water partition coefficient (Wildman–Crippen LogP) is 3.62. The van der Waals surface area contributed by atoms with E-state index in [1.807, 2.05) is 18.2 Å². The number of rotatable bonds is 5. The molecule has 5 heteroatoms. The lowest BCUT2D eigenvalue weighted by atomic mass is 9.85. The Morgan fingerprint density at radius 1 is 1.22 bits per heavy atom. The number of aliphatic hydroxyl groups is 1. The maximum Gasteiger partial charge on any atom is 0.191 e. The molecule has 4 nitrogen and oxygen atoms in total. The molecular formula is C18H30IN3O. The smallest absolute Gasteiger partial charge is 0.191 e. The van der Waals surface area contributed by atoms with Crippen LogP contribution in [-0.4, -0.2) is 29.8 Å². The zero-order valence-corrected chi connectivity index (χ0v) is 16.5. The van der Waals surface area contributed by atoms with Crippen LogP contribution in [0.5, 0.6) is 0 Å². The second-order valence-electron chi connectivity index (χ2n) is 6.26. The van der Waals surface area contributed by atoms with Gasteiger partial charge < -0.3 is 15.7 Å². The highest BCUT2D eigenvalue weighted by Gasteiger charge is 2.28. The van der Waals surface area contributed by atoms with Crippen LogP contribution in [0.15, 0.2) is 35.3 Å². The summed E-state index contributed by atoms with van der Waals surface area (Å²) in [5.41, 5.74) is 0.612. The minimum atomic E-state index is -0.614. The van der Waals surface area contributed by atoms with E-state index in [-0.39, 0.29) is 30.0 Å². The van der Waals surface area contributed by atoms with Gasteiger partial charge in [0, 0.05) is 6.54 Å². The first-order chi connectivity index (χ1) is 10.6. The summed E-state index contributed by atoms with van der Waals surface area (Å²) in [6.45, 7) is 5.47. The maximum absolute atomic E-state index is 10.6. The van der Waals surface area contributed by atoms with Crippen LogP contribution in [-0.2, 0) is 0 Å². The third-order valence-corrected chi connectivity index (χ3v) is 4.31. The van der Waals surface area contributed by atoms with Gasteiger partial charge in [-0.1, -0.05) is 49.6 Å². The number of guanidine groups is 1. The van der Waals surface area contributed by atoms with Crippen LogP contribution in [0.25, 0.3) is 0 Å². The van der Waals surface area contributed by atoms with Crippen molar-refractivity contribution >= 4 is 29.9 Å². The van der Waals surface area contributed by atoms with Crippen molar-refractivity contribution in [3.05, 3.63) is 35.9 Å². The van der Waals surface area contributed by atoms with E-state index < -0.39 is 5.60 Å². The number of hydrogen-bond acceptors (Lipinski definition) is 2. The van der Waals surface area contributed by atoms with Gasteiger partial charge in [0.1, 0.15) is 0 Å². The van der Waals surface area contributed by atoms with E-state index in [1.165, 1.54) is 12.0 Å². The Labute approximate surface area is 157 Å². The molecule has 0 bridgehead atoms. The molecule has 1 fully saturated rings. The molecule has 1 aromatic rings. The van der Waals surface area contributed by atoms with Gasteiger partial charge in [-0.2, -0.15) is 0 Å². The number of hydrogen-bond donors (Lipinski definition) is 3. The Kier molecular flexibility index (Phi) is 8.91. The lowest BCUT2D eigenvalue weighted by Crippen LogP contribution is -2.41. The first-order valence-electron chi connectivity index (χ1n) is 8.45. The van der Waals surface area contributed by atoms with Gasteiger partial charge in [-0.15, -0.1) is 24.0 Å². The molecule has 1 aliphatic rings. The lowest BCUT2D eigenvalue weighted by Gasteiger charge is -2.30. The highest BCUT2D eigenvalue weighted by Crippen LogP contribution is 2.28. The molecule has 0 saturated heterocycles. The number of benzene rings is 1. The molecular weight excluding hydrogens is 401 g/mol. The van der Waals surface area contributed by atoms with Gasteiger partial charge in [0.15, 0.2) is 5.96 Å². The van der Waals surface area contributed by atoms with Crippen LogP contribution in [0.3, 0.4) is 0 Å². The third-order valence-electron chi connectivity index (χ3n) is 4.31. The molecule has 0 aromatic heterocycles. The van der Waals surface area contributed by atoms with Crippen molar-refractivity contribution in [2.45, 2.75) is 57.6 Å². The Morgan fingerprint density at radius 3 is 2.48 bits per heavy atom. The molecule has 0 radical (unpaired) electrons. The van der Waals surface area contributed by atoms with Gasteiger partial charge in [0.25, 0.3) is 0 Å². The van der Waals surface area contributed by atoms with Crippen molar-refractivity contribution in [3.8, 4) is 0 Å². The topological polar surface area (TPSA) is 56.7 Å². The molecule has 23 heavy (non-hydrogen) atoms. The molecule has 0 amide bonds. The van der Waals surface area contributed by atoms with Gasteiger partial charge in [-0.05, 0) is 32.3 Å². The SMILES string of the molecule is CCNC(=NCC1(O)CCCCC1)NC(C)c1ccccc1.I. The number of nitrogens with one attached hydrogen (secondary N) is 2. The molecule has 0 spiro atoms. The second kappa shape index (κ2) is 10.1. The van der Waals surface area contributed by atoms with Gasteiger partial charge in [-0.25, -0.2) is 0 Å². The number of halogens is 1. The van der Waals surface area contributed by atoms with Crippen LogP contribution in [0.1, 0.15) is 57.6 Å². The van der Waals surface area contributed by atoms with Crippen LogP contribution in [0.2, 0.25) is 0 Å². The molecule has 1 aromatic carbocycles. The Morgan fingerprint density at radius 2 is 1.87 bits per heavy atom. The second-order valence-corrected chi connectivity index (χ2v) is 6.26. The molecule has 3 N–H and O–H groups in total. The predicted molar refractivity (Wildman–Crippen MR) is 107 cm³/mol. The van der Waals surface area contributed by atoms with E-state index in [0.29, 0.717) is 6.54 Å².